The first-order chi connectivity index (χ1) is 10.00. The van der Waals surface area contributed by atoms with E-state index in [1.807, 2.05) is 24.4 Å². The third-order valence-electron chi connectivity index (χ3n) is 4.33. The highest BCUT2D eigenvalue weighted by Gasteiger charge is 2.42. The number of hydrogen-bond donors (Lipinski definition) is 2. The number of carbonyl (C=O) groups excluding carboxylic acids is 1. The average molecular weight is 310 g/mol. The summed E-state index contributed by atoms with van der Waals surface area (Å²) in [6.45, 7) is 2.95. The number of rotatable bonds is 5. The number of carbonyl (C=O) groups is 2. The van der Waals surface area contributed by atoms with E-state index in [-0.39, 0.29) is 5.91 Å². The SMILES string of the molecule is CCCC1(C(=O)O)CCN(C(=O)C(N)c2cccs2)CC1. The van der Waals surface area contributed by atoms with Gasteiger partial charge in [0.05, 0.1) is 5.41 Å². The van der Waals surface area contributed by atoms with Gasteiger partial charge in [0.1, 0.15) is 6.04 Å². The van der Waals surface area contributed by atoms with Crippen LogP contribution in [0.15, 0.2) is 17.5 Å². The molecule has 1 saturated heterocycles. The van der Waals surface area contributed by atoms with Crippen molar-refractivity contribution in [2.24, 2.45) is 11.1 Å². The number of piperidine rings is 1. The van der Waals surface area contributed by atoms with E-state index in [1.54, 1.807) is 4.90 Å². The lowest BCUT2D eigenvalue weighted by atomic mass is 9.75. The summed E-state index contributed by atoms with van der Waals surface area (Å²) in [6, 6.07) is 3.10. The molecule has 1 aromatic rings. The summed E-state index contributed by atoms with van der Waals surface area (Å²) in [6.07, 6.45) is 2.54. The van der Waals surface area contributed by atoms with Crippen LogP contribution in [0.25, 0.3) is 0 Å². The topological polar surface area (TPSA) is 83.6 Å². The lowest BCUT2D eigenvalue weighted by Crippen LogP contribution is -2.48. The van der Waals surface area contributed by atoms with Gasteiger partial charge in [0.15, 0.2) is 0 Å². The molecule has 1 atom stereocenters. The molecule has 3 N–H and O–H groups in total. The maximum atomic E-state index is 12.4. The van der Waals surface area contributed by atoms with Crippen LogP contribution in [0.1, 0.15) is 43.5 Å². The molecule has 5 nitrogen and oxygen atoms in total. The second-order valence-corrected chi connectivity index (χ2v) is 6.63. The van der Waals surface area contributed by atoms with E-state index in [4.69, 9.17) is 5.73 Å². The number of amides is 1. The molecule has 0 aliphatic carbocycles. The summed E-state index contributed by atoms with van der Waals surface area (Å²) in [4.78, 5) is 26.5. The van der Waals surface area contributed by atoms with Crippen LogP contribution in [0.4, 0.5) is 0 Å². The normalized spacial score (nSPS) is 19.2. The van der Waals surface area contributed by atoms with E-state index in [2.05, 4.69) is 0 Å². The molecule has 116 valence electrons. The number of carboxylic acids is 1. The quantitative estimate of drug-likeness (QED) is 0.873. The van der Waals surface area contributed by atoms with Gasteiger partial charge in [0.25, 0.3) is 0 Å². The van der Waals surface area contributed by atoms with Gasteiger partial charge in [-0.25, -0.2) is 0 Å². The van der Waals surface area contributed by atoms with Gasteiger partial charge in [-0.1, -0.05) is 19.4 Å². The van der Waals surface area contributed by atoms with Crippen LogP contribution in [-0.2, 0) is 9.59 Å². The molecule has 1 aliphatic heterocycles. The molecule has 0 bridgehead atoms. The van der Waals surface area contributed by atoms with Gasteiger partial charge in [0.2, 0.25) is 5.91 Å². The number of thiophene rings is 1. The van der Waals surface area contributed by atoms with Crippen LogP contribution in [0.3, 0.4) is 0 Å². The smallest absolute Gasteiger partial charge is 0.309 e. The predicted molar refractivity (Wildman–Crippen MR) is 82.0 cm³/mol. The summed E-state index contributed by atoms with van der Waals surface area (Å²) >= 11 is 1.47. The minimum Gasteiger partial charge on any atom is -0.481 e. The van der Waals surface area contributed by atoms with Crippen LogP contribution in [0.5, 0.6) is 0 Å². The van der Waals surface area contributed by atoms with Gasteiger partial charge >= 0.3 is 5.97 Å². The number of nitrogens with zero attached hydrogens (tertiary/aromatic N) is 1. The van der Waals surface area contributed by atoms with E-state index in [1.165, 1.54) is 11.3 Å². The van der Waals surface area contributed by atoms with Gasteiger partial charge in [-0.3, -0.25) is 9.59 Å². The monoisotopic (exact) mass is 310 g/mol. The Morgan fingerprint density at radius 2 is 2.14 bits per heavy atom. The second kappa shape index (κ2) is 6.58. The summed E-state index contributed by atoms with van der Waals surface area (Å²) in [5.74, 6) is -0.841. The molecule has 1 unspecified atom stereocenters. The molecule has 2 heterocycles. The van der Waals surface area contributed by atoms with Crippen molar-refractivity contribution < 1.29 is 14.7 Å². The van der Waals surface area contributed by atoms with Crippen molar-refractivity contribution in [3.63, 3.8) is 0 Å². The molecule has 1 amide bonds. The van der Waals surface area contributed by atoms with Crippen LogP contribution in [0.2, 0.25) is 0 Å². The first kappa shape index (κ1) is 16.0. The minimum atomic E-state index is -0.737. The fourth-order valence-electron chi connectivity index (χ4n) is 2.99. The molecular weight excluding hydrogens is 288 g/mol. The molecule has 0 saturated carbocycles. The molecule has 1 aliphatic rings. The zero-order valence-electron chi connectivity index (χ0n) is 12.2. The lowest BCUT2D eigenvalue weighted by molar-refractivity contribution is -0.155. The standard InChI is InChI=1S/C15H22N2O3S/c1-2-5-15(14(19)20)6-8-17(9-7-15)13(18)12(16)11-4-3-10-21-11/h3-4,10,12H,2,5-9,16H2,1H3,(H,19,20). The fraction of sp³-hybridized carbons (Fsp3) is 0.600. The first-order valence-corrected chi connectivity index (χ1v) is 8.19. The molecule has 0 radical (unpaired) electrons. The molecule has 21 heavy (non-hydrogen) atoms. The number of nitrogens with two attached hydrogens (primary N) is 1. The zero-order valence-corrected chi connectivity index (χ0v) is 13.1. The van der Waals surface area contributed by atoms with Crippen LogP contribution in [-0.4, -0.2) is 35.0 Å². The average Bonchev–Trinajstić information content (AvgIpc) is 3.01. The number of likely N-dealkylation sites (tertiary alicyclic amines) is 1. The highest BCUT2D eigenvalue weighted by Crippen LogP contribution is 2.37. The largest absolute Gasteiger partial charge is 0.481 e. The zero-order chi connectivity index (χ0) is 15.5. The molecule has 2 rings (SSSR count). The Morgan fingerprint density at radius 1 is 1.48 bits per heavy atom. The Morgan fingerprint density at radius 3 is 2.62 bits per heavy atom. The van der Waals surface area contributed by atoms with E-state index in [0.29, 0.717) is 32.4 Å². The van der Waals surface area contributed by atoms with Crippen LogP contribution in [0, 0.1) is 5.41 Å². The van der Waals surface area contributed by atoms with Crippen molar-refractivity contribution in [2.45, 2.75) is 38.6 Å². The van der Waals surface area contributed by atoms with Gasteiger partial charge in [-0.15, -0.1) is 11.3 Å². The summed E-state index contributed by atoms with van der Waals surface area (Å²) in [7, 11) is 0. The molecular formula is C15H22N2O3S. The summed E-state index contributed by atoms with van der Waals surface area (Å²) in [5.41, 5.74) is 5.33. The van der Waals surface area contributed by atoms with E-state index < -0.39 is 17.4 Å². The van der Waals surface area contributed by atoms with E-state index >= 15 is 0 Å². The molecule has 1 fully saturated rings. The Kier molecular flexibility index (Phi) is 5.00. The Labute approximate surface area is 128 Å². The minimum absolute atomic E-state index is 0.104. The third-order valence-corrected chi connectivity index (χ3v) is 5.29. The third kappa shape index (κ3) is 3.27. The van der Waals surface area contributed by atoms with Crippen molar-refractivity contribution in [2.75, 3.05) is 13.1 Å². The van der Waals surface area contributed by atoms with Crippen molar-refractivity contribution in [1.29, 1.82) is 0 Å². The van der Waals surface area contributed by atoms with Gasteiger partial charge < -0.3 is 15.7 Å². The Hall–Kier alpha value is -1.40. The molecule has 1 aromatic heterocycles. The fourth-order valence-corrected chi connectivity index (χ4v) is 3.71. The number of aliphatic carboxylic acids is 1. The first-order valence-electron chi connectivity index (χ1n) is 7.31. The van der Waals surface area contributed by atoms with Crippen molar-refractivity contribution in [3.05, 3.63) is 22.4 Å². The number of carboxylic acid groups (broad SMARTS) is 1. The Balaban J connectivity index is 2.00. The van der Waals surface area contributed by atoms with Crippen molar-refractivity contribution >= 4 is 23.2 Å². The maximum absolute atomic E-state index is 12.4. The van der Waals surface area contributed by atoms with Gasteiger partial charge in [0, 0.05) is 18.0 Å². The number of hydrogen-bond acceptors (Lipinski definition) is 4. The molecule has 0 spiro atoms. The van der Waals surface area contributed by atoms with Crippen molar-refractivity contribution in [1.82, 2.24) is 4.90 Å². The summed E-state index contributed by atoms with van der Waals surface area (Å²) < 4.78 is 0. The van der Waals surface area contributed by atoms with Crippen LogP contribution >= 0.6 is 11.3 Å². The second-order valence-electron chi connectivity index (χ2n) is 5.65. The lowest BCUT2D eigenvalue weighted by Gasteiger charge is -2.39. The van der Waals surface area contributed by atoms with Gasteiger partial charge in [-0.05, 0) is 30.7 Å². The molecule has 6 heteroatoms. The Bertz CT molecular complexity index is 493. The summed E-state index contributed by atoms with van der Waals surface area (Å²) in [5, 5.41) is 11.4. The van der Waals surface area contributed by atoms with Crippen LogP contribution < -0.4 is 5.73 Å². The molecule has 0 aromatic carbocycles. The highest BCUT2D eigenvalue weighted by atomic mass is 32.1. The van der Waals surface area contributed by atoms with E-state index in [9.17, 15) is 14.7 Å². The predicted octanol–water partition coefficient (Wildman–Crippen LogP) is 2.24. The maximum Gasteiger partial charge on any atom is 0.309 e. The van der Waals surface area contributed by atoms with E-state index in [0.717, 1.165) is 11.3 Å². The highest BCUT2D eigenvalue weighted by molar-refractivity contribution is 7.10. The van der Waals surface area contributed by atoms with Crippen molar-refractivity contribution in [3.8, 4) is 0 Å². The van der Waals surface area contributed by atoms with Gasteiger partial charge in [-0.2, -0.15) is 0 Å².